The highest BCUT2D eigenvalue weighted by molar-refractivity contribution is 5.65. The van der Waals surface area contributed by atoms with Crippen LogP contribution in [0.4, 0.5) is 5.69 Å². The van der Waals surface area contributed by atoms with Gasteiger partial charge in [0.1, 0.15) is 13.2 Å². The van der Waals surface area contributed by atoms with Crippen LogP contribution in [0.5, 0.6) is 11.5 Å². The Morgan fingerprint density at radius 3 is 2.38 bits per heavy atom. The summed E-state index contributed by atoms with van der Waals surface area (Å²) in [6, 6.07) is 22.6. The van der Waals surface area contributed by atoms with Crippen LogP contribution >= 0.6 is 0 Å². The van der Waals surface area contributed by atoms with Crippen molar-refractivity contribution in [2.24, 2.45) is 5.92 Å². The van der Waals surface area contributed by atoms with Crippen LogP contribution in [0.2, 0.25) is 0 Å². The minimum atomic E-state index is 0.223. The first-order valence-electron chi connectivity index (χ1n) is 11.5. The second kappa shape index (κ2) is 7.84. The Labute approximate surface area is 189 Å². The molecule has 1 fully saturated rings. The number of anilines is 1. The van der Waals surface area contributed by atoms with Crippen LogP contribution < -0.4 is 25.2 Å². The maximum absolute atomic E-state index is 5.94. The van der Waals surface area contributed by atoms with E-state index < -0.39 is 0 Å². The third kappa shape index (κ3) is 3.42. The van der Waals surface area contributed by atoms with Gasteiger partial charge in [0.25, 0.3) is 0 Å². The Hall–Kier alpha value is -3.02. The fourth-order valence-electron chi connectivity index (χ4n) is 5.36. The third-order valence-electron chi connectivity index (χ3n) is 6.94. The van der Waals surface area contributed by atoms with Crippen molar-refractivity contribution in [3.05, 3.63) is 88.5 Å². The highest BCUT2D eigenvalue weighted by atomic mass is 16.6. The van der Waals surface area contributed by atoms with Crippen molar-refractivity contribution in [2.75, 3.05) is 24.7 Å². The van der Waals surface area contributed by atoms with Gasteiger partial charge >= 0.3 is 0 Å². The summed E-state index contributed by atoms with van der Waals surface area (Å²) in [7, 11) is 0. The summed E-state index contributed by atoms with van der Waals surface area (Å²) in [5.41, 5.74) is 15.0. The molecule has 0 amide bonds. The number of hydrogen-bond acceptors (Lipinski definition) is 5. The first-order valence-corrected chi connectivity index (χ1v) is 11.5. The molecule has 0 aromatic heterocycles. The number of fused-ring (bicyclic) bond motifs is 4. The standard InChI is InChI=1S/C27H29N3O2/c1-17-6-8-20(9-7-17)26-22-16-30(15-19-5-3-4-18(2)12-19)23-14-25-24(31-10-11-32-25)13-21(23)27(22)29-28-26/h3-9,12-14,22,26-29H,10-11,15-16H2,1-2H3. The summed E-state index contributed by atoms with van der Waals surface area (Å²) in [5.74, 6) is 2.10. The van der Waals surface area contributed by atoms with Crippen molar-refractivity contribution in [2.45, 2.75) is 32.5 Å². The maximum Gasteiger partial charge on any atom is 0.163 e. The Bertz CT molecular complexity index is 1140. The minimum absolute atomic E-state index is 0.223. The van der Waals surface area contributed by atoms with Gasteiger partial charge in [-0.15, -0.1) is 0 Å². The predicted octanol–water partition coefficient (Wildman–Crippen LogP) is 4.60. The lowest BCUT2D eigenvalue weighted by Gasteiger charge is -2.40. The molecular formula is C27H29N3O2. The summed E-state index contributed by atoms with van der Waals surface area (Å²) in [4.78, 5) is 2.51. The SMILES string of the molecule is Cc1ccc(C2NNC3c4cc5c(cc4N(Cc4cccc(C)c4)CC23)OCCO5)cc1. The van der Waals surface area contributed by atoms with Crippen LogP contribution in [-0.2, 0) is 6.54 Å². The molecule has 0 saturated carbocycles. The van der Waals surface area contributed by atoms with Gasteiger partial charge in [0.15, 0.2) is 11.5 Å². The van der Waals surface area contributed by atoms with Crippen LogP contribution in [0.1, 0.15) is 39.9 Å². The number of hydrazine groups is 1. The van der Waals surface area contributed by atoms with Gasteiger partial charge in [-0.05, 0) is 36.6 Å². The molecule has 5 nitrogen and oxygen atoms in total. The monoisotopic (exact) mass is 427 g/mol. The molecule has 0 spiro atoms. The lowest BCUT2D eigenvalue weighted by atomic mass is 9.81. The van der Waals surface area contributed by atoms with E-state index in [9.17, 15) is 0 Å². The normalized spacial score (nSPS) is 23.6. The van der Waals surface area contributed by atoms with E-state index in [-0.39, 0.29) is 12.1 Å². The lowest BCUT2D eigenvalue weighted by Crippen LogP contribution is -2.39. The minimum Gasteiger partial charge on any atom is -0.486 e. The molecule has 1 saturated heterocycles. The lowest BCUT2D eigenvalue weighted by molar-refractivity contribution is 0.171. The van der Waals surface area contributed by atoms with E-state index in [1.807, 2.05) is 0 Å². The number of ether oxygens (including phenoxy) is 2. The molecule has 164 valence electrons. The first-order chi connectivity index (χ1) is 15.7. The summed E-state index contributed by atoms with van der Waals surface area (Å²) >= 11 is 0. The Balaban J connectivity index is 1.41. The molecule has 0 aliphatic carbocycles. The van der Waals surface area contributed by atoms with E-state index in [0.29, 0.717) is 19.1 Å². The van der Waals surface area contributed by atoms with Gasteiger partial charge in [0.2, 0.25) is 0 Å². The summed E-state index contributed by atoms with van der Waals surface area (Å²) in [6.07, 6.45) is 0. The van der Waals surface area contributed by atoms with Crippen LogP contribution in [0.15, 0.2) is 60.7 Å². The van der Waals surface area contributed by atoms with Gasteiger partial charge < -0.3 is 14.4 Å². The second-order valence-electron chi connectivity index (χ2n) is 9.24. The molecule has 5 heteroatoms. The molecule has 3 aromatic rings. The molecule has 3 aliphatic heterocycles. The quantitative estimate of drug-likeness (QED) is 0.640. The van der Waals surface area contributed by atoms with Gasteiger partial charge in [-0.1, -0.05) is 59.7 Å². The molecule has 0 bridgehead atoms. The zero-order chi connectivity index (χ0) is 21.7. The van der Waals surface area contributed by atoms with Crippen molar-refractivity contribution in [1.29, 1.82) is 0 Å². The van der Waals surface area contributed by atoms with E-state index >= 15 is 0 Å². The molecule has 3 unspecified atom stereocenters. The fourth-order valence-corrected chi connectivity index (χ4v) is 5.36. The van der Waals surface area contributed by atoms with Crippen LogP contribution in [0, 0.1) is 19.8 Å². The third-order valence-corrected chi connectivity index (χ3v) is 6.94. The number of nitrogens with one attached hydrogen (secondary N) is 2. The van der Waals surface area contributed by atoms with Crippen LogP contribution in [0.25, 0.3) is 0 Å². The molecule has 0 radical (unpaired) electrons. The Morgan fingerprint density at radius 1 is 0.844 bits per heavy atom. The van der Waals surface area contributed by atoms with Gasteiger partial charge in [0, 0.05) is 30.8 Å². The van der Waals surface area contributed by atoms with Crippen LogP contribution in [-0.4, -0.2) is 19.8 Å². The average Bonchev–Trinajstić information content (AvgIpc) is 3.23. The van der Waals surface area contributed by atoms with Gasteiger partial charge in [-0.25, -0.2) is 10.9 Å². The van der Waals surface area contributed by atoms with E-state index in [1.54, 1.807) is 0 Å². The molecule has 2 N–H and O–H groups in total. The van der Waals surface area contributed by atoms with Crippen molar-refractivity contribution in [3.63, 3.8) is 0 Å². The molecule has 32 heavy (non-hydrogen) atoms. The topological polar surface area (TPSA) is 45.8 Å². The second-order valence-corrected chi connectivity index (χ2v) is 9.24. The Morgan fingerprint density at radius 2 is 1.59 bits per heavy atom. The molecule has 3 heterocycles. The van der Waals surface area contributed by atoms with Crippen molar-refractivity contribution in [1.82, 2.24) is 10.9 Å². The van der Waals surface area contributed by atoms with E-state index in [1.165, 1.54) is 33.5 Å². The van der Waals surface area contributed by atoms with Gasteiger partial charge in [-0.3, -0.25) is 0 Å². The number of rotatable bonds is 3. The molecular weight excluding hydrogens is 398 g/mol. The number of aryl methyl sites for hydroxylation is 2. The van der Waals surface area contributed by atoms with Crippen molar-refractivity contribution in [3.8, 4) is 11.5 Å². The number of hydrogen-bond donors (Lipinski definition) is 2. The highest BCUT2D eigenvalue weighted by Crippen LogP contribution is 2.49. The van der Waals surface area contributed by atoms with Crippen LogP contribution in [0.3, 0.4) is 0 Å². The zero-order valence-corrected chi connectivity index (χ0v) is 18.6. The molecule has 3 aromatic carbocycles. The maximum atomic E-state index is 5.94. The van der Waals surface area contributed by atoms with Crippen molar-refractivity contribution >= 4 is 5.69 Å². The smallest absolute Gasteiger partial charge is 0.163 e. The van der Waals surface area contributed by atoms with Gasteiger partial charge in [-0.2, -0.15) is 0 Å². The summed E-state index contributed by atoms with van der Waals surface area (Å²) in [5, 5.41) is 0. The average molecular weight is 428 g/mol. The van der Waals surface area contributed by atoms with Crippen molar-refractivity contribution < 1.29 is 9.47 Å². The first kappa shape index (κ1) is 19.6. The summed E-state index contributed by atoms with van der Waals surface area (Å²) in [6.45, 7) is 7.33. The largest absolute Gasteiger partial charge is 0.486 e. The number of benzene rings is 3. The molecule has 3 atom stereocenters. The molecule has 3 aliphatic rings. The molecule has 6 rings (SSSR count). The summed E-state index contributed by atoms with van der Waals surface area (Å²) < 4.78 is 11.9. The van der Waals surface area contributed by atoms with E-state index in [4.69, 9.17) is 9.47 Å². The fraction of sp³-hybridized carbons (Fsp3) is 0.333. The highest BCUT2D eigenvalue weighted by Gasteiger charge is 2.44. The van der Waals surface area contributed by atoms with E-state index in [0.717, 1.165) is 24.6 Å². The van der Waals surface area contributed by atoms with Gasteiger partial charge in [0.05, 0.1) is 12.1 Å². The number of nitrogens with zero attached hydrogens (tertiary/aromatic N) is 1. The predicted molar refractivity (Wildman–Crippen MR) is 126 cm³/mol. The van der Waals surface area contributed by atoms with E-state index in [2.05, 4.69) is 90.3 Å². The Kier molecular flexibility index (Phi) is 4.81. The zero-order valence-electron chi connectivity index (χ0n) is 18.6.